The Labute approximate surface area is 150 Å². The number of nitrogens with one attached hydrogen (secondary N) is 2. The molecule has 134 valence electrons. The van der Waals surface area contributed by atoms with Gasteiger partial charge in [0.1, 0.15) is 17.5 Å². The molecule has 3 heterocycles. The van der Waals surface area contributed by atoms with Crippen LogP contribution in [0.1, 0.15) is 24.8 Å². The lowest BCUT2D eigenvalue weighted by Crippen LogP contribution is -2.27. The van der Waals surface area contributed by atoms with Crippen molar-refractivity contribution in [2.24, 2.45) is 0 Å². The lowest BCUT2D eigenvalue weighted by molar-refractivity contribution is -0.124. The Morgan fingerprint density at radius 1 is 1.31 bits per heavy atom. The molecule has 2 amide bonds. The Morgan fingerprint density at radius 2 is 2.23 bits per heavy atom. The first-order valence-electron chi connectivity index (χ1n) is 8.67. The van der Waals surface area contributed by atoms with E-state index in [2.05, 4.69) is 15.6 Å². The maximum Gasteiger partial charge on any atom is 0.253 e. The van der Waals surface area contributed by atoms with Gasteiger partial charge in [-0.1, -0.05) is 6.07 Å². The molecule has 2 aliphatic heterocycles. The van der Waals surface area contributed by atoms with Gasteiger partial charge in [-0.2, -0.15) is 0 Å². The lowest BCUT2D eigenvalue weighted by Gasteiger charge is -2.18. The Balaban J connectivity index is 1.52. The molecule has 2 N–H and O–H groups in total. The molecule has 1 atom stereocenters. The summed E-state index contributed by atoms with van der Waals surface area (Å²) in [5, 5.41) is 5.67. The van der Waals surface area contributed by atoms with Crippen molar-refractivity contribution in [1.82, 2.24) is 4.98 Å². The fraction of sp³-hybridized carbons (Fsp3) is 0.316. The van der Waals surface area contributed by atoms with Gasteiger partial charge in [0.05, 0.1) is 0 Å². The molecule has 2 aromatic rings. The minimum Gasteiger partial charge on any atom is -0.437 e. The van der Waals surface area contributed by atoms with Crippen LogP contribution in [-0.4, -0.2) is 29.5 Å². The average molecular weight is 353 g/mol. The number of aromatic nitrogens is 1. The van der Waals surface area contributed by atoms with E-state index in [-0.39, 0.29) is 11.8 Å². The summed E-state index contributed by atoms with van der Waals surface area (Å²) in [6, 6.07) is 8.99. The molecule has 1 unspecified atom stereocenters. The van der Waals surface area contributed by atoms with Crippen molar-refractivity contribution < 1.29 is 19.1 Å². The van der Waals surface area contributed by atoms with Crippen LogP contribution in [0, 0.1) is 0 Å². The van der Waals surface area contributed by atoms with E-state index in [1.807, 2.05) is 12.1 Å². The van der Waals surface area contributed by atoms with Crippen molar-refractivity contribution in [2.75, 3.05) is 17.2 Å². The first kappa shape index (κ1) is 16.5. The summed E-state index contributed by atoms with van der Waals surface area (Å²) < 4.78 is 11.3. The summed E-state index contributed by atoms with van der Waals surface area (Å²) in [6.45, 7) is 0.606. The fourth-order valence-corrected chi connectivity index (χ4v) is 3.09. The number of fused-ring (bicyclic) bond motifs is 1. The van der Waals surface area contributed by atoms with Crippen molar-refractivity contribution in [3.63, 3.8) is 0 Å². The predicted octanol–water partition coefficient (Wildman–Crippen LogP) is 2.88. The predicted molar refractivity (Wildman–Crippen MR) is 95.3 cm³/mol. The van der Waals surface area contributed by atoms with Crippen LogP contribution in [0.3, 0.4) is 0 Å². The standard InChI is InChI=1S/C19H19N3O4/c23-17-8-6-12-5-7-13(11-15(12)21-17)26-19-14(3-1-9-20-19)22-18(24)16-4-2-10-25-16/h1,3,5,7,9,11,16H,2,4,6,8,10H2,(H,21,23)(H,22,24). The van der Waals surface area contributed by atoms with E-state index >= 15 is 0 Å². The minimum absolute atomic E-state index is 0.00278. The molecule has 1 saturated heterocycles. The van der Waals surface area contributed by atoms with Gasteiger partial charge in [0.25, 0.3) is 5.91 Å². The monoisotopic (exact) mass is 353 g/mol. The molecule has 0 aliphatic carbocycles. The molecule has 7 heteroatoms. The van der Waals surface area contributed by atoms with Crippen LogP contribution in [0.2, 0.25) is 0 Å². The highest BCUT2D eigenvalue weighted by molar-refractivity contribution is 5.95. The Kier molecular flexibility index (Phi) is 4.53. The highest BCUT2D eigenvalue weighted by Crippen LogP contribution is 2.32. The minimum atomic E-state index is -0.429. The second kappa shape index (κ2) is 7.13. The van der Waals surface area contributed by atoms with E-state index in [0.29, 0.717) is 43.2 Å². The molecule has 0 saturated carbocycles. The summed E-state index contributed by atoms with van der Waals surface area (Å²) in [5.74, 6) is 0.633. The van der Waals surface area contributed by atoms with Crippen LogP contribution < -0.4 is 15.4 Å². The summed E-state index contributed by atoms with van der Waals surface area (Å²) in [5.41, 5.74) is 2.30. The SMILES string of the molecule is O=C1CCc2ccc(Oc3ncccc3NC(=O)C3CCCO3)cc2N1. The van der Waals surface area contributed by atoms with Crippen LogP contribution in [0.15, 0.2) is 36.5 Å². The first-order chi connectivity index (χ1) is 12.7. The van der Waals surface area contributed by atoms with E-state index in [9.17, 15) is 9.59 Å². The van der Waals surface area contributed by atoms with Crippen molar-refractivity contribution >= 4 is 23.2 Å². The third-order valence-corrected chi connectivity index (χ3v) is 4.44. The molecule has 4 rings (SSSR count). The number of carbonyl (C=O) groups excluding carboxylic acids is 2. The average Bonchev–Trinajstić information content (AvgIpc) is 3.18. The Bertz CT molecular complexity index is 846. The first-order valence-corrected chi connectivity index (χ1v) is 8.67. The number of ether oxygens (including phenoxy) is 2. The molecular weight excluding hydrogens is 334 g/mol. The van der Waals surface area contributed by atoms with Gasteiger partial charge in [0.15, 0.2) is 0 Å². The summed E-state index contributed by atoms with van der Waals surface area (Å²) in [4.78, 5) is 28.1. The van der Waals surface area contributed by atoms with Crippen molar-refractivity contribution in [3.05, 3.63) is 42.1 Å². The molecule has 1 aromatic heterocycles. The number of rotatable bonds is 4. The second-order valence-corrected chi connectivity index (χ2v) is 6.32. The van der Waals surface area contributed by atoms with E-state index in [1.165, 1.54) is 0 Å². The van der Waals surface area contributed by atoms with Gasteiger partial charge in [-0.15, -0.1) is 0 Å². The van der Waals surface area contributed by atoms with Crippen LogP contribution in [-0.2, 0) is 20.7 Å². The molecule has 2 aliphatic rings. The number of pyridine rings is 1. The fourth-order valence-electron chi connectivity index (χ4n) is 3.09. The van der Waals surface area contributed by atoms with Crippen LogP contribution >= 0.6 is 0 Å². The van der Waals surface area contributed by atoms with Gasteiger partial charge in [-0.25, -0.2) is 4.98 Å². The van der Waals surface area contributed by atoms with Crippen LogP contribution in [0.25, 0.3) is 0 Å². The van der Waals surface area contributed by atoms with E-state index < -0.39 is 6.10 Å². The van der Waals surface area contributed by atoms with Gasteiger partial charge in [0.2, 0.25) is 11.8 Å². The third kappa shape index (κ3) is 3.52. The highest BCUT2D eigenvalue weighted by atomic mass is 16.5. The van der Waals surface area contributed by atoms with Gasteiger partial charge in [-0.05, 0) is 43.0 Å². The van der Waals surface area contributed by atoms with Gasteiger partial charge < -0.3 is 20.1 Å². The number of benzene rings is 1. The van der Waals surface area contributed by atoms with Crippen molar-refractivity contribution in [3.8, 4) is 11.6 Å². The largest absolute Gasteiger partial charge is 0.437 e. The molecule has 0 radical (unpaired) electrons. The lowest BCUT2D eigenvalue weighted by atomic mass is 10.0. The summed E-state index contributed by atoms with van der Waals surface area (Å²) >= 11 is 0. The van der Waals surface area contributed by atoms with Gasteiger partial charge in [0, 0.05) is 31.0 Å². The summed E-state index contributed by atoms with van der Waals surface area (Å²) in [6.07, 6.45) is 3.97. The third-order valence-electron chi connectivity index (χ3n) is 4.44. The van der Waals surface area contributed by atoms with Crippen molar-refractivity contribution in [2.45, 2.75) is 31.8 Å². The maximum atomic E-state index is 12.3. The van der Waals surface area contributed by atoms with Crippen LogP contribution in [0.4, 0.5) is 11.4 Å². The molecule has 26 heavy (non-hydrogen) atoms. The zero-order valence-corrected chi connectivity index (χ0v) is 14.2. The van der Waals surface area contributed by atoms with E-state index in [1.54, 1.807) is 24.4 Å². The Morgan fingerprint density at radius 3 is 3.08 bits per heavy atom. The van der Waals surface area contributed by atoms with Crippen LogP contribution in [0.5, 0.6) is 11.6 Å². The molecule has 1 aromatic carbocycles. The number of nitrogens with zero attached hydrogens (tertiary/aromatic N) is 1. The van der Waals surface area contributed by atoms with E-state index in [4.69, 9.17) is 9.47 Å². The Hall–Kier alpha value is -2.93. The zero-order chi connectivity index (χ0) is 17.9. The van der Waals surface area contributed by atoms with Gasteiger partial charge in [-0.3, -0.25) is 9.59 Å². The number of aryl methyl sites for hydroxylation is 1. The van der Waals surface area contributed by atoms with E-state index in [0.717, 1.165) is 17.7 Å². The smallest absolute Gasteiger partial charge is 0.253 e. The molecular formula is C19H19N3O4. The molecule has 1 fully saturated rings. The topological polar surface area (TPSA) is 89.5 Å². The number of hydrogen-bond acceptors (Lipinski definition) is 5. The van der Waals surface area contributed by atoms with Gasteiger partial charge >= 0.3 is 0 Å². The number of amides is 2. The molecule has 0 spiro atoms. The maximum absolute atomic E-state index is 12.3. The molecule has 7 nitrogen and oxygen atoms in total. The summed E-state index contributed by atoms with van der Waals surface area (Å²) in [7, 11) is 0. The highest BCUT2D eigenvalue weighted by Gasteiger charge is 2.24. The zero-order valence-electron chi connectivity index (χ0n) is 14.2. The quantitative estimate of drug-likeness (QED) is 0.882. The number of hydrogen-bond donors (Lipinski definition) is 2. The van der Waals surface area contributed by atoms with Crippen molar-refractivity contribution in [1.29, 1.82) is 0 Å². The molecule has 0 bridgehead atoms. The normalized spacial score (nSPS) is 18.8. The number of anilines is 2. The number of carbonyl (C=O) groups is 2. The second-order valence-electron chi connectivity index (χ2n) is 6.32.